The molecule has 2 amide bonds. The highest BCUT2D eigenvalue weighted by Crippen LogP contribution is 2.17. The van der Waals surface area contributed by atoms with Crippen LogP contribution in [0.15, 0.2) is 4.42 Å². The topological polar surface area (TPSA) is 67.2 Å². The minimum Gasteiger partial charge on any atom is -0.444 e. The minimum atomic E-state index is -0.134. The maximum Gasteiger partial charge on any atom is 0.315 e. The van der Waals surface area contributed by atoms with Crippen LogP contribution in [-0.2, 0) is 6.54 Å². The quantitative estimate of drug-likeness (QED) is 0.845. The monoisotopic (exact) mass is 237 g/mol. The highest BCUT2D eigenvalue weighted by Gasteiger charge is 2.17. The van der Waals surface area contributed by atoms with E-state index in [0.717, 1.165) is 24.3 Å². The molecule has 0 aromatic carbocycles. The van der Waals surface area contributed by atoms with Gasteiger partial charge in [0.1, 0.15) is 5.76 Å². The number of carbonyl (C=O) groups is 1. The summed E-state index contributed by atoms with van der Waals surface area (Å²) in [6.45, 7) is 4.10. The lowest BCUT2D eigenvalue weighted by Crippen LogP contribution is -2.40. The van der Waals surface area contributed by atoms with Crippen LogP contribution in [0.1, 0.15) is 43.0 Å². The van der Waals surface area contributed by atoms with E-state index in [1.165, 1.54) is 12.8 Å². The van der Waals surface area contributed by atoms with Crippen molar-refractivity contribution >= 4 is 6.03 Å². The number of carbonyl (C=O) groups excluding carboxylic acids is 1. The molecule has 94 valence electrons. The lowest BCUT2D eigenvalue weighted by Gasteiger charge is -2.11. The average molecular weight is 237 g/mol. The molecule has 0 radical (unpaired) electrons. The first-order chi connectivity index (χ1) is 8.15. The van der Waals surface area contributed by atoms with Crippen molar-refractivity contribution in [1.29, 1.82) is 0 Å². The van der Waals surface area contributed by atoms with Crippen LogP contribution in [0.5, 0.6) is 0 Å². The van der Waals surface area contributed by atoms with Crippen LogP contribution < -0.4 is 10.6 Å². The van der Waals surface area contributed by atoms with Gasteiger partial charge < -0.3 is 15.1 Å². The van der Waals surface area contributed by atoms with Crippen molar-refractivity contribution in [2.24, 2.45) is 0 Å². The van der Waals surface area contributed by atoms with Gasteiger partial charge in [-0.15, -0.1) is 0 Å². The summed E-state index contributed by atoms with van der Waals surface area (Å²) in [4.78, 5) is 15.8. The number of aryl methyl sites for hydroxylation is 2. The zero-order chi connectivity index (χ0) is 12.3. The van der Waals surface area contributed by atoms with Gasteiger partial charge in [0.05, 0.1) is 12.2 Å². The van der Waals surface area contributed by atoms with Crippen molar-refractivity contribution in [3.63, 3.8) is 0 Å². The van der Waals surface area contributed by atoms with Crippen molar-refractivity contribution < 1.29 is 9.21 Å². The summed E-state index contributed by atoms with van der Waals surface area (Å²) >= 11 is 0. The number of nitrogens with zero attached hydrogens (tertiary/aromatic N) is 1. The third-order valence-electron chi connectivity index (χ3n) is 3.16. The van der Waals surface area contributed by atoms with Crippen LogP contribution in [0.2, 0.25) is 0 Å². The molecule has 1 aromatic rings. The molecule has 5 heteroatoms. The maximum absolute atomic E-state index is 11.6. The highest BCUT2D eigenvalue weighted by molar-refractivity contribution is 5.74. The summed E-state index contributed by atoms with van der Waals surface area (Å²) in [6.07, 6.45) is 4.60. The van der Waals surface area contributed by atoms with E-state index in [9.17, 15) is 4.79 Å². The van der Waals surface area contributed by atoms with E-state index in [0.29, 0.717) is 18.5 Å². The van der Waals surface area contributed by atoms with E-state index in [-0.39, 0.29) is 6.03 Å². The average Bonchev–Trinajstić information content (AvgIpc) is 2.87. The second-order valence-corrected chi connectivity index (χ2v) is 4.56. The van der Waals surface area contributed by atoms with E-state index in [2.05, 4.69) is 15.6 Å². The first-order valence-corrected chi connectivity index (χ1v) is 6.12. The molecule has 0 unspecified atom stereocenters. The molecule has 0 bridgehead atoms. The number of hydrogen-bond donors (Lipinski definition) is 2. The Kier molecular flexibility index (Phi) is 3.66. The standard InChI is InChI=1S/C12H19N3O2/c1-8-9(2)17-11(14-8)7-13-12(16)15-10-5-3-4-6-10/h10H,3-7H2,1-2H3,(H2,13,15,16). The van der Waals surface area contributed by atoms with Crippen LogP contribution in [-0.4, -0.2) is 17.1 Å². The molecule has 2 rings (SSSR count). The van der Waals surface area contributed by atoms with E-state index in [1.54, 1.807) is 0 Å². The molecule has 5 nitrogen and oxygen atoms in total. The van der Waals surface area contributed by atoms with E-state index < -0.39 is 0 Å². The smallest absolute Gasteiger partial charge is 0.315 e. The Morgan fingerprint density at radius 1 is 1.41 bits per heavy atom. The summed E-state index contributed by atoms with van der Waals surface area (Å²) in [6, 6.07) is 0.202. The fourth-order valence-electron chi connectivity index (χ4n) is 2.08. The Balaban J connectivity index is 1.75. The van der Waals surface area contributed by atoms with Gasteiger partial charge in [0.25, 0.3) is 0 Å². The maximum atomic E-state index is 11.6. The van der Waals surface area contributed by atoms with Crippen LogP contribution in [0.25, 0.3) is 0 Å². The number of urea groups is 1. The van der Waals surface area contributed by atoms with Crippen molar-refractivity contribution in [3.05, 3.63) is 17.3 Å². The molecule has 1 aliphatic carbocycles. The molecule has 0 spiro atoms. The summed E-state index contributed by atoms with van der Waals surface area (Å²) < 4.78 is 5.38. The summed E-state index contributed by atoms with van der Waals surface area (Å²) in [5.41, 5.74) is 0.873. The van der Waals surface area contributed by atoms with Gasteiger partial charge in [-0.1, -0.05) is 12.8 Å². The van der Waals surface area contributed by atoms with E-state index in [1.807, 2.05) is 13.8 Å². The number of oxazole rings is 1. The van der Waals surface area contributed by atoms with E-state index >= 15 is 0 Å². The minimum absolute atomic E-state index is 0.134. The fraction of sp³-hybridized carbons (Fsp3) is 0.667. The first kappa shape index (κ1) is 12.0. The molecule has 1 saturated carbocycles. The van der Waals surface area contributed by atoms with Crippen molar-refractivity contribution in [3.8, 4) is 0 Å². The van der Waals surface area contributed by atoms with Crippen molar-refractivity contribution in [1.82, 2.24) is 15.6 Å². The predicted octanol–water partition coefficient (Wildman–Crippen LogP) is 2.03. The number of aromatic nitrogens is 1. The zero-order valence-corrected chi connectivity index (χ0v) is 10.4. The number of rotatable bonds is 3. The molecule has 1 heterocycles. The van der Waals surface area contributed by atoms with Gasteiger partial charge in [-0.2, -0.15) is 0 Å². The Morgan fingerprint density at radius 3 is 2.71 bits per heavy atom. The molecular weight excluding hydrogens is 218 g/mol. The third kappa shape index (κ3) is 3.22. The Bertz CT molecular complexity index is 375. The lowest BCUT2D eigenvalue weighted by atomic mass is 10.2. The Hall–Kier alpha value is -1.52. The molecule has 1 fully saturated rings. The van der Waals surface area contributed by atoms with Crippen LogP contribution in [0.4, 0.5) is 4.79 Å². The number of amides is 2. The molecule has 0 aliphatic heterocycles. The van der Waals surface area contributed by atoms with Crippen LogP contribution in [0, 0.1) is 13.8 Å². The van der Waals surface area contributed by atoms with Crippen molar-refractivity contribution in [2.75, 3.05) is 0 Å². The van der Waals surface area contributed by atoms with E-state index in [4.69, 9.17) is 4.42 Å². The van der Waals surface area contributed by atoms with Gasteiger partial charge in [-0.25, -0.2) is 9.78 Å². The Labute approximate surface area is 101 Å². The molecule has 1 aliphatic rings. The first-order valence-electron chi connectivity index (χ1n) is 6.12. The molecule has 1 aromatic heterocycles. The zero-order valence-electron chi connectivity index (χ0n) is 10.4. The lowest BCUT2D eigenvalue weighted by molar-refractivity contribution is 0.235. The van der Waals surface area contributed by atoms with Gasteiger partial charge >= 0.3 is 6.03 Å². The fourth-order valence-corrected chi connectivity index (χ4v) is 2.08. The van der Waals surface area contributed by atoms with Crippen LogP contribution >= 0.6 is 0 Å². The number of hydrogen-bond acceptors (Lipinski definition) is 3. The third-order valence-corrected chi connectivity index (χ3v) is 3.16. The summed E-state index contributed by atoms with van der Waals surface area (Å²) in [5, 5.41) is 5.71. The summed E-state index contributed by atoms with van der Waals surface area (Å²) in [7, 11) is 0. The molecule has 2 N–H and O–H groups in total. The van der Waals surface area contributed by atoms with Gasteiger partial charge in [0, 0.05) is 6.04 Å². The SMILES string of the molecule is Cc1nc(CNC(=O)NC2CCCC2)oc1C. The predicted molar refractivity (Wildman–Crippen MR) is 63.6 cm³/mol. The molecule has 0 atom stereocenters. The van der Waals surface area contributed by atoms with Gasteiger partial charge in [0.15, 0.2) is 0 Å². The van der Waals surface area contributed by atoms with Crippen molar-refractivity contribution in [2.45, 2.75) is 52.1 Å². The van der Waals surface area contributed by atoms with Crippen LogP contribution in [0.3, 0.4) is 0 Å². The largest absolute Gasteiger partial charge is 0.444 e. The molecular formula is C12H19N3O2. The second-order valence-electron chi connectivity index (χ2n) is 4.56. The Morgan fingerprint density at radius 2 is 2.12 bits per heavy atom. The normalized spacial score (nSPS) is 16.1. The highest BCUT2D eigenvalue weighted by atomic mass is 16.4. The van der Waals surface area contributed by atoms with Gasteiger partial charge in [0.2, 0.25) is 5.89 Å². The summed E-state index contributed by atoms with van der Waals surface area (Å²) in [5.74, 6) is 1.36. The van der Waals surface area contributed by atoms with Gasteiger partial charge in [-0.05, 0) is 26.7 Å². The molecule has 0 saturated heterocycles. The molecule has 17 heavy (non-hydrogen) atoms. The second kappa shape index (κ2) is 5.21. The van der Waals surface area contributed by atoms with Gasteiger partial charge in [-0.3, -0.25) is 0 Å². The number of nitrogens with one attached hydrogen (secondary N) is 2.